The number of carbonyl (C=O) groups excluding carboxylic acids is 1. The Kier molecular flexibility index (Phi) is 5.08. The van der Waals surface area contributed by atoms with E-state index in [4.69, 9.17) is 0 Å². The molecule has 0 N–H and O–H groups in total. The minimum atomic E-state index is -4.23. The number of alkyl halides is 4. The van der Waals surface area contributed by atoms with E-state index in [1.54, 1.807) is 6.07 Å². The Hall–Kier alpha value is -0.470. The predicted molar refractivity (Wildman–Crippen MR) is 58.1 cm³/mol. The molecule has 0 bridgehead atoms. The van der Waals surface area contributed by atoms with E-state index in [2.05, 4.69) is 20.7 Å². The maximum atomic E-state index is 12.4. The van der Waals surface area contributed by atoms with Gasteiger partial charge >= 0.3 is 12.3 Å². The van der Waals surface area contributed by atoms with Crippen LogP contribution in [0.25, 0.3) is 0 Å². The monoisotopic (exact) mass is 334 g/mol. The number of hydrogen-bond donors (Lipinski definition) is 0. The van der Waals surface area contributed by atoms with Crippen LogP contribution in [0.4, 0.5) is 17.6 Å². The second-order valence-corrected chi connectivity index (χ2v) is 5.54. The molecule has 0 aliphatic carbocycles. The maximum absolute atomic E-state index is 12.4. The summed E-state index contributed by atoms with van der Waals surface area (Å²) in [6, 6.07) is 3.11. The number of rotatable bonds is 6. The highest BCUT2D eigenvalue weighted by Crippen LogP contribution is 2.24. The Morgan fingerprint density at radius 1 is 1.47 bits per heavy atom. The molecule has 0 atom stereocenters. The Bertz CT molecular complexity index is 394. The first-order valence-corrected chi connectivity index (χ1v) is 5.96. The van der Waals surface area contributed by atoms with Crippen molar-refractivity contribution in [1.82, 2.24) is 0 Å². The molecular formula is C9H7BrF4O2S. The van der Waals surface area contributed by atoms with Crippen molar-refractivity contribution in [3.8, 4) is 0 Å². The van der Waals surface area contributed by atoms with Gasteiger partial charge in [-0.25, -0.2) is 8.78 Å². The smallest absolute Gasteiger partial charge is 0.330 e. The number of ketones is 1. The van der Waals surface area contributed by atoms with Gasteiger partial charge in [-0.1, -0.05) is 0 Å². The average molecular weight is 335 g/mol. The largest absolute Gasteiger partial charge is 0.367 e. The maximum Gasteiger partial charge on any atom is 0.330 e. The molecule has 0 saturated carbocycles. The van der Waals surface area contributed by atoms with Crippen molar-refractivity contribution in [1.29, 1.82) is 0 Å². The molecule has 1 aromatic heterocycles. The standard InChI is InChI=1S/C9H7BrF4O2S/c10-7-2-1-6(17-7)5(15)3-16-4-9(13,14)8(11)12/h1-2,8H,3-4H2. The van der Waals surface area contributed by atoms with Crippen molar-refractivity contribution in [2.24, 2.45) is 0 Å². The highest BCUT2D eigenvalue weighted by molar-refractivity contribution is 9.11. The topological polar surface area (TPSA) is 26.3 Å². The van der Waals surface area contributed by atoms with Crippen LogP contribution < -0.4 is 0 Å². The summed E-state index contributed by atoms with van der Waals surface area (Å²) in [6.45, 7) is -2.11. The minimum absolute atomic E-state index is 0.317. The van der Waals surface area contributed by atoms with Crippen LogP contribution in [0.3, 0.4) is 0 Å². The number of thiophene rings is 1. The normalized spacial score (nSPS) is 12.1. The van der Waals surface area contributed by atoms with Crippen molar-refractivity contribution >= 4 is 33.0 Å². The van der Waals surface area contributed by atoms with Crippen molar-refractivity contribution in [3.63, 3.8) is 0 Å². The Morgan fingerprint density at radius 2 is 2.12 bits per heavy atom. The molecule has 0 saturated heterocycles. The van der Waals surface area contributed by atoms with Gasteiger partial charge < -0.3 is 4.74 Å². The lowest BCUT2D eigenvalue weighted by Crippen LogP contribution is -2.33. The molecule has 0 aliphatic rings. The summed E-state index contributed by atoms with van der Waals surface area (Å²) in [5, 5.41) is 0. The van der Waals surface area contributed by atoms with Crippen molar-refractivity contribution < 1.29 is 27.1 Å². The van der Waals surface area contributed by atoms with E-state index in [0.29, 0.717) is 8.66 Å². The molecule has 0 fully saturated rings. The molecule has 1 aromatic rings. The van der Waals surface area contributed by atoms with Gasteiger partial charge in [0.1, 0.15) is 13.2 Å². The zero-order valence-corrected chi connectivity index (χ0v) is 10.7. The number of halogens is 5. The summed E-state index contributed by atoms with van der Waals surface area (Å²) in [4.78, 5) is 11.7. The second kappa shape index (κ2) is 5.92. The fraction of sp³-hybridized carbons (Fsp3) is 0.444. The lowest BCUT2D eigenvalue weighted by molar-refractivity contribution is -0.163. The highest BCUT2D eigenvalue weighted by Gasteiger charge is 2.41. The van der Waals surface area contributed by atoms with Crippen LogP contribution in [0.5, 0.6) is 0 Å². The summed E-state index contributed by atoms with van der Waals surface area (Å²) in [7, 11) is 0. The predicted octanol–water partition coefficient (Wildman–Crippen LogP) is 3.61. The molecule has 0 aromatic carbocycles. The van der Waals surface area contributed by atoms with E-state index >= 15 is 0 Å². The summed E-state index contributed by atoms with van der Waals surface area (Å²) < 4.78 is 53.3. The van der Waals surface area contributed by atoms with Crippen LogP contribution in [-0.4, -0.2) is 31.3 Å². The molecule has 2 nitrogen and oxygen atoms in total. The SMILES string of the molecule is O=C(COCC(F)(F)C(F)F)c1ccc(Br)s1. The Balaban J connectivity index is 2.40. The summed E-state index contributed by atoms with van der Waals surface area (Å²) in [5.74, 6) is -4.75. The summed E-state index contributed by atoms with van der Waals surface area (Å²) in [6.07, 6.45) is -3.80. The molecule has 0 radical (unpaired) electrons. The van der Waals surface area contributed by atoms with E-state index < -0.39 is 31.3 Å². The van der Waals surface area contributed by atoms with Crippen LogP contribution in [0.15, 0.2) is 15.9 Å². The van der Waals surface area contributed by atoms with Gasteiger partial charge in [-0.2, -0.15) is 8.78 Å². The first-order valence-electron chi connectivity index (χ1n) is 4.35. The van der Waals surface area contributed by atoms with Gasteiger partial charge in [-0.3, -0.25) is 4.79 Å². The second-order valence-electron chi connectivity index (χ2n) is 3.08. The molecule has 96 valence electrons. The lowest BCUT2D eigenvalue weighted by atomic mass is 10.3. The minimum Gasteiger partial charge on any atom is -0.367 e. The van der Waals surface area contributed by atoms with Crippen molar-refractivity contribution in [2.45, 2.75) is 12.3 Å². The molecule has 0 aliphatic heterocycles. The fourth-order valence-corrected chi connectivity index (χ4v) is 2.19. The first kappa shape index (κ1) is 14.6. The zero-order valence-electron chi connectivity index (χ0n) is 8.26. The van der Waals surface area contributed by atoms with Crippen LogP contribution in [0, 0.1) is 0 Å². The van der Waals surface area contributed by atoms with Crippen molar-refractivity contribution in [2.75, 3.05) is 13.2 Å². The number of carbonyl (C=O) groups is 1. The molecular weight excluding hydrogens is 328 g/mol. The van der Waals surface area contributed by atoms with Gasteiger partial charge in [0, 0.05) is 0 Å². The summed E-state index contributed by atoms with van der Waals surface area (Å²) in [5.41, 5.74) is 0. The summed E-state index contributed by atoms with van der Waals surface area (Å²) >= 11 is 4.24. The van der Waals surface area contributed by atoms with E-state index in [1.165, 1.54) is 6.07 Å². The molecule has 17 heavy (non-hydrogen) atoms. The molecule has 1 heterocycles. The van der Waals surface area contributed by atoms with E-state index in [1.807, 2.05) is 0 Å². The number of ether oxygens (including phenoxy) is 1. The molecule has 8 heteroatoms. The van der Waals surface area contributed by atoms with Gasteiger partial charge in [0.05, 0.1) is 8.66 Å². The molecule has 1 rings (SSSR count). The Labute approximate surface area is 107 Å². The fourth-order valence-electron chi connectivity index (χ4n) is 0.878. The van der Waals surface area contributed by atoms with Gasteiger partial charge in [0.15, 0.2) is 5.78 Å². The first-order chi connectivity index (χ1) is 7.83. The van der Waals surface area contributed by atoms with E-state index in [-0.39, 0.29) is 0 Å². The van der Waals surface area contributed by atoms with Gasteiger partial charge in [0.25, 0.3) is 0 Å². The zero-order chi connectivity index (χ0) is 13.1. The van der Waals surface area contributed by atoms with Crippen LogP contribution in [0.1, 0.15) is 9.67 Å². The highest BCUT2D eigenvalue weighted by atomic mass is 79.9. The van der Waals surface area contributed by atoms with Gasteiger partial charge in [-0.15, -0.1) is 11.3 Å². The lowest BCUT2D eigenvalue weighted by Gasteiger charge is -2.14. The van der Waals surface area contributed by atoms with Crippen molar-refractivity contribution in [3.05, 3.63) is 20.8 Å². The quantitative estimate of drug-likeness (QED) is 0.586. The number of hydrogen-bond acceptors (Lipinski definition) is 3. The van der Waals surface area contributed by atoms with Gasteiger partial charge in [-0.05, 0) is 28.1 Å². The molecule has 0 amide bonds. The Morgan fingerprint density at radius 3 is 2.59 bits per heavy atom. The van der Waals surface area contributed by atoms with E-state index in [0.717, 1.165) is 11.3 Å². The third-order valence-corrected chi connectivity index (χ3v) is 3.36. The third kappa shape index (κ3) is 4.36. The van der Waals surface area contributed by atoms with Gasteiger partial charge in [0.2, 0.25) is 0 Å². The van der Waals surface area contributed by atoms with Crippen LogP contribution in [0.2, 0.25) is 0 Å². The molecule has 0 unspecified atom stereocenters. The third-order valence-electron chi connectivity index (χ3n) is 1.69. The van der Waals surface area contributed by atoms with Crippen LogP contribution >= 0.6 is 27.3 Å². The number of Topliss-reactive ketones (excluding diaryl/α,β-unsaturated/α-hetero) is 1. The van der Waals surface area contributed by atoms with Crippen LogP contribution in [-0.2, 0) is 4.74 Å². The average Bonchev–Trinajstić information content (AvgIpc) is 2.64. The molecule has 0 spiro atoms. The van der Waals surface area contributed by atoms with E-state index in [9.17, 15) is 22.4 Å².